The first-order valence-electron chi connectivity index (χ1n) is 11.2. The number of aromatic nitrogens is 3. The third-order valence-corrected chi connectivity index (χ3v) is 6.95. The second-order valence-electron chi connectivity index (χ2n) is 9.02. The van der Waals surface area contributed by atoms with Crippen LogP contribution in [0.2, 0.25) is 0 Å². The molecular weight excluding hydrogens is 364 g/mol. The number of β-amino-alcohol motifs (C(OH)–C–C–N with tert-alkyl or cyclic N) is 1. The Bertz CT molecular complexity index is 842. The average Bonchev–Trinajstić information content (AvgIpc) is 3.51. The van der Waals surface area contributed by atoms with Crippen LogP contribution in [0.4, 0.5) is 0 Å². The molecule has 1 aromatic carbocycles. The number of hydrogen-bond donors (Lipinski definition) is 1. The highest BCUT2D eigenvalue weighted by molar-refractivity contribution is 5.79. The highest BCUT2D eigenvalue weighted by atomic mass is 16.3. The van der Waals surface area contributed by atoms with Gasteiger partial charge in [0.1, 0.15) is 0 Å². The van der Waals surface area contributed by atoms with Gasteiger partial charge in [-0.05, 0) is 37.7 Å². The second kappa shape index (κ2) is 7.90. The Labute approximate surface area is 171 Å². The predicted molar refractivity (Wildman–Crippen MR) is 109 cm³/mol. The molecule has 1 amide bonds. The lowest BCUT2D eigenvalue weighted by atomic mass is 9.85. The molecule has 154 valence electrons. The number of piperidine rings is 1. The lowest BCUT2D eigenvalue weighted by Gasteiger charge is -2.44. The van der Waals surface area contributed by atoms with Crippen LogP contribution in [0, 0.1) is 5.92 Å². The van der Waals surface area contributed by atoms with Crippen molar-refractivity contribution >= 4 is 5.91 Å². The summed E-state index contributed by atoms with van der Waals surface area (Å²) in [6.07, 6.45) is 9.85. The van der Waals surface area contributed by atoms with Crippen molar-refractivity contribution in [2.75, 3.05) is 6.54 Å². The third-order valence-electron chi connectivity index (χ3n) is 6.95. The number of carbonyl (C=O) groups excluding carboxylic acids is 1. The van der Waals surface area contributed by atoms with Crippen LogP contribution in [0.5, 0.6) is 0 Å². The molecule has 0 unspecified atom stereocenters. The minimum absolute atomic E-state index is 0.0346. The maximum absolute atomic E-state index is 13.4. The van der Waals surface area contributed by atoms with E-state index < -0.39 is 6.10 Å². The Balaban J connectivity index is 1.42. The fraction of sp³-hybridized carbons (Fsp3) is 0.609. The summed E-state index contributed by atoms with van der Waals surface area (Å²) in [6.45, 7) is 0.359. The SMILES string of the molecule is O=C(C1CCCCC1)N1C[C@H](O)[C@H](n2cc(C3CC3)nn2)C[C@@H]1c1ccccc1. The van der Waals surface area contributed by atoms with Crippen LogP contribution in [0.25, 0.3) is 0 Å². The Morgan fingerprint density at radius 3 is 2.52 bits per heavy atom. The summed E-state index contributed by atoms with van der Waals surface area (Å²) in [4.78, 5) is 15.4. The van der Waals surface area contributed by atoms with Crippen molar-refractivity contribution in [1.29, 1.82) is 0 Å². The number of benzene rings is 1. The number of aliphatic hydroxyl groups is 1. The van der Waals surface area contributed by atoms with Crippen LogP contribution >= 0.6 is 0 Å². The molecule has 29 heavy (non-hydrogen) atoms. The Morgan fingerprint density at radius 2 is 1.79 bits per heavy atom. The van der Waals surface area contributed by atoms with Crippen LogP contribution in [0.1, 0.15) is 80.6 Å². The molecule has 5 rings (SSSR count). The van der Waals surface area contributed by atoms with Gasteiger partial charge < -0.3 is 10.0 Å². The summed E-state index contributed by atoms with van der Waals surface area (Å²) in [6, 6.07) is 10.1. The molecule has 1 aromatic heterocycles. The molecular formula is C23H30N4O2. The molecule has 1 aliphatic heterocycles. The molecule has 0 radical (unpaired) electrons. The number of carbonyl (C=O) groups is 1. The van der Waals surface area contributed by atoms with Gasteiger partial charge in [0, 0.05) is 24.6 Å². The van der Waals surface area contributed by atoms with E-state index in [4.69, 9.17) is 0 Å². The quantitative estimate of drug-likeness (QED) is 0.860. The summed E-state index contributed by atoms with van der Waals surface area (Å²) >= 11 is 0. The van der Waals surface area contributed by atoms with Gasteiger partial charge in [-0.25, -0.2) is 4.68 Å². The summed E-state index contributed by atoms with van der Waals surface area (Å²) in [7, 11) is 0. The zero-order chi connectivity index (χ0) is 19.8. The first-order valence-corrected chi connectivity index (χ1v) is 11.2. The molecule has 2 aliphatic carbocycles. The van der Waals surface area contributed by atoms with Gasteiger partial charge in [-0.1, -0.05) is 54.8 Å². The summed E-state index contributed by atoms with van der Waals surface area (Å²) in [5, 5.41) is 19.7. The Kier molecular flexibility index (Phi) is 5.12. The van der Waals surface area contributed by atoms with E-state index in [-0.39, 0.29) is 23.9 Å². The first-order chi connectivity index (χ1) is 14.2. The minimum atomic E-state index is -0.628. The van der Waals surface area contributed by atoms with Crippen molar-refractivity contribution in [3.05, 3.63) is 47.8 Å². The Hall–Kier alpha value is -2.21. The van der Waals surface area contributed by atoms with Crippen molar-refractivity contribution in [2.45, 2.75) is 75.5 Å². The average molecular weight is 395 g/mol. The van der Waals surface area contributed by atoms with E-state index in [0.29, 0.717) is 18.9 Å². The molecule has 0 spiro atoms. The minimum Gasteiger partial charge on any atom is -0.389 e. The van der Waals surface area contributed by atoms with E-state index >= 15 is 0 Å². The van der Waals surface area contributed by atoms with Gasteiger partial charge in [-0.2, -0.15) is 0 Å². The number of aliphatic hydroxyl groups excluding tert-OH is 1. The van der Waals surface area contributed by atoms with Gasteiger partial charge in [0.05, 0.1) is 23.9 Å². The molecule has 6 heteroatoms. The number of hydrogen-bond acceptors (Lipinski definition) is 4. The standard InChI is InChI=1S/C23H30N4O2/c28-22-15-26(23(29)18-9-5-2-6-10-18)20(17-7-3-1-4-8-17)13-21(22)27-14-19(24-25-27)16-11-12-16/h1,3-4,7-8,14,16,18,20-22,28H,2,5-6,9-13,15H2/t20-,21-,22+/m1/s1. The molecule has 6 nitrogen and oxygen atoms in total. The van der Waals surface area contributed by atoms with Crippen molar-refractivity contribution in [3.8, 4) is 0 Å². The van der Waals surface area contributed by atoms with Gasteiger partial charge in [-0.15, -0.1) is 5.10 Å². The smallest absolute Gasteiger partial charge is 0.226 e. The van der Waals surface area contributed by atoms with Crippen LogP contribution in [0.3, 0.4) is 0 Å². The van der Waals surface area contributed by atoms with Gasteiger partial charge in [-0.3, -0.25) is 4.79 Å². The first kappa shape index (κ1) is 18.8. The lowest BCUT2D eigenvalue weighted by Crippen LogP contribution is -2.51. The van der Waals surface area contributed by atoms with Crippen LogP contribution < -0.4 is 0 Å². The highest BCUT2D eigenvalue weighted by Crippen LogP contribution is 2.41. The summed E-state index contributed by atoms with van der Waals surface area (Å²) in [5.74, 6) is 0.860. The predicted octanol–water partition coefficient (Wildman–Crippen LogP) is 3.61. The van der Waals surface area contributed by atoms with Crippen molar-refractivity contribution in [3.63, 3.8) is 0 Å². The largest absolute Gasteiger partial charge is 0.389 e. The van der Waals surface area contributed by atoms with Crippen LogP contribution in [0.15, 0.2) is 36.5 Å². The highest BCUT2D eigenvalue weighted by Gasteiger charge is 2.41. The molecule has 2 heterocycles. The summed E-state index contributed by atoms with van der Waals surface area (Å²) < 4.78 is 1.84. The molecule has 3 aliphatic rings. The number of amides is 1. The van der Waals surface area contributed by atoms with E-state index in [1.165, 1.54) is 19.3 Å². The maximum Gasteiger partial charge on any atom is 0.226 e. The summed E-state index contributed by atoms with van der Waals surface area (Å²) in [5.41, 5.74) is 2.17. The van der Waals surface area contributed by atoms with E-state index in [2.05, 4.69) is 22.4 Å². The zero-order valence-electron chi connectivity index (χ0n) is 16.9. The fourth-order valence-electron chi connectivity index (χ4n) is 5.09. The number of likely N-dealkylation sites (tertiary alicyclic amines) is 1. The van der Waals surface area contributed by atoms with Gasteiger partial charge in [0.25, 0.3) is 0 Å². The van der Waals surface area contributed by atoms with Gasteiger partial charge in [0.2, 0.25) is 5.91 Å². The number of nitrogens with zero attached hydrogens (tertiary/aromatic N) is 4. The van der Waals surface area contributed by atoms with E-state index in [1.54, 1.807) is 0 Å². The van der Waals surface area contributed by atoms with E-state index in [9.17, 15) is 9.90 Å². The topological polar surface area (TPSA) is 71.2 Å². The number of rotatable bonds is 4. The van der Waals surface area contributed by atoms with Crippen LogP contribution in [-0.4, -0.2) is 43.6 Å². The second-order valence-corrected chi connectivity index (χ2v) is 9.02. The molecule has 3 fully saturated rings. The monoisotopic (exact) mass is 394 g/mol. The van der Waals surface area contributed by atoms with Crippen molar-refractivity contribution in [2.24, 2.45) is 5.92 Å². The van der Waals surface area contributed by atoms with E-state index in [0.717, 1.165) is 36.9 Å². The normalized spacial score (nSPS) is 28.4. The molecule has 0 bridgehead atoms. The fourth-order valence-corrected chi connectivity index (χ4v) is 5.09. The van der Waals surface area contributed by atoms with Crippen molar-refractivity contribution < 1.29 is 9.90 Å². The third kappa shape index (κ3) is 3.82. The van der Waals surface area contributed by atoms with E-state index in [1.807, 2.05) is 34.0 Å². The molecule has 2 aromatic rings. The molecule has 2 saturated carbocycles. The maximum atomic E-state index is 13.4. The van der Waals surface area contributed by atoms with Gasteiger partial charge in [0.15, 0.2) is 0 Å². The molecule has 3 atom stereocenters. The lowest BCUT2D eigenvalue weighted by molar-refractivity contribution is -0.145. The van der Waals surface area contributed by atoms with Gasteiger partial charge >= 0.3 is 0 Å². The Morgan fingerprint density at radius 1 is 1.03 bits per heavy atom. The molecule has 1 saturated heterocycles. The van der Waals surface area contributed by atoms with Crippen molar-refractivity contribution in [1.82, 2.24) is 19.9 Å². The van der Waals surface area contributed by atoms with Crippen LogP contribution in [-0.2, 0) is 4.79 Å². The molecule has 1 N–H and O–H groups in total. The zero-order valence-corrected chi connectivity index (χ0v) is 16.9.